The smallest absolute Gasteiger partial charge is 0.256 e. The van der Waals surface area contributed by atoms with Gasteiger partial charge in [0.15, 0.2) is 0 Å². The molecule has 2 rings (SSSR count). The van der Waals surface area contributed by atoms with Gasteiger partial charge in [0.2, 0.25) is 0 Å². The summed E-state index contributed by atoms with van der Waals surface area (Å²) in [5, 5.41) is 3.14. The highest BCUT2D eigenvalue weighted by Gasteiger charge is 2.42. The fraction of sp³-hybridized carbons (Fsp3) is 0.696. The molecule has 0 spiro atoms. The summed E-state index contributed by atoms with van der Waals surface area (Å²) in [5.41, 5.74) is 2.26. The number of carbonyl (C=O) groups excluding carboxylic acids is 1. The molecule has 0 unspecified atom stereocenters. The first kappa shape index (κ1) is 21.7. The molecule has 0 heterocycles. The molecule has 4 nitrogen and oxygen atoms in total. The molecule has 4 heteroatoms. The molecule has 1 amide bonds. The molecule has 1 saturated carbocycles. The normalized spacial score (nSPS) is 22.5. The Morgan fingerprint density at radius 1 is 1.19 bits per heavy atom. The van der Waals surface area contributed by atoms with E-state index in [2.05, 4.69) is 26.1 Å². The van der Waals surface area contributed by atoms with Crippen LogP contribution in [0.5, 0.6) is 5.75 Å². The molecule has 1 N–H and O–H groups in total. The first-order valence-corrected chi connectivity index (χ1v) is 10.6. The number of aryl methyl sites for hydroxylation is 2. The molecule has 0 aliphatic heterocycles. The molecule has 1 aromatic carbocycles. The van der Waals surface area contributed by atoms with Crippen molar-refractivity contribution in [3.8, 4) is 5.75 Å². The van der Waals surface area contributed by atoms with E-state index in [0.29, 0.717) is 12.5 Å². The molecule has 0 aromatic heterocycles. The lowest BCUT2D eigenvalue weighted by atomic mass is 9.78. The van der Waals surface area contributed by atoms with E-state index >= 15 is 0 Å². The van der Waals surface area contributed by atoms with Crippen molar-refractivity contribution in [1.29, 1.82) is 0 Å². The second-order valence-corrected chi connectivity index (χ2v) is 8.14. The monoisotopic (exact) mass is 375 g/mol. The van der Waals surface area contributed by atoms with E-state index in [1.165, 1.54) is 6.42 Å². The fourth-order valence-corrected chi connectivity index (χ4v) is 4.02. The van der Waals surface area contributed by atoms with Gasteiger partial charge in [0.1, 0.15) is 11.4 Å². The van der Waals surface area contributed by atoms with Gasteiger partial charge in [-0.2, -0.15) is 0 Å². The molecule has 0 saturated heterocycles. The van der Waals surface area contributed by atoms with Crippen LogP contribution in [0.15, 0.2) is 12.1 Å². The maximum atomic E-state index is 13.2. The Morgan fingerprint density at radius 2 is 1.89 bits per heavy atom. The predicted octanol–water partition coefficient (Wildman–Crippen LogP) is 5.80. The zero-order chi connectivity index (χ0) is 19.9. The van der Waals surface area contributed by atoms with Crippen molar-refractivity contribution in [1.82, 2.24) is 0 Å². The molecule has 1 aliphatic carbocycles. The van der Waals surface area contributed by atoms with Crippen LogP contribution in [0, 0.1) is 19.8 Å². The third-order valence-corrected chi connectivity index (χ3v) is 5.41. The topological polar surface area (TPSA) is 47.6 Å². The van der Waals surface area contributed by atoms with Crippen molar-refractivity contribution in [3.05, 3.63) is 23.3 Å². The summed E-state index contributed by atoms with van der Waals surface area (Å²) < 4.78 is 12.1. The van der Waals surface area contributed by atoms with Gasteiger partial charge in [-0.25, -0.2) is 0 Å². The summed E-state index contributed by atoms with van der Waals surface area (Å²) >= 11 is 0. The Labute approximate surface area is 165 Å². The molecule has 0 bridgehead atoms. The molecular weight excluding hydrogens is 338 g/mol. The van der Waals surface area contributed by atoms with E-state index in [1.54, 1.807) is 0 Å². The number of nitrogens with one attached hydrogen (secondary N) is 1. The summed E-state index contributed by atoms with van der Waals surface area (Å²) in [6, 6.07) is 4.01. The van der Waals surface area contributed by atoms with Crippen LogP contribution in [-0.4, -0.2) is 24.7 Å². The highest BCUT2D eigenvalue weighted by molar-refractivity contribution is 5.97. The van der Waals surface area contributed by atoms with Crippen LogP contribution < -0.4 is 10.1 Å². The number of ether oxygens (including phenoxy) is 2. The second kappa shape index (κ2) is 10.1. The minimum atomic E-state index is -0.689. The zero-order valence-electron chi connectivity index (χ0n) is 17.8. The van der Waals surface area contributed by atoms with Gasteiger partial charge in [-0.15, -0.1) is 0 Å². The van der Waals surface area contributed by atoms with E-state index in [1.807, 2.05) is 26.0 Å². The quantitative estimate of drug-likeness (QED) is 0.555. The second-order valence-electron chi connectivity index (χ2n) is 8.14. The lowest BCUT2D eigenvalue weighted by Crippen LogP contribution is -2.48. The lowest BCUT2D eigenvalue weighted by Gasteiger charge is -2.38. The summed E-state index contributed by atoms with van der Waals surface area (Å²) in [6.45, 7) is 11.9. The molecule has 1 aromatic rings. The molecule has 0 radical (unpaired) electrons. The SMILES string of the molecule is CCCCOc1c(C)cc(NC(=O)[C@]2(OCCC)CCC[C@@H](C)C2)cc1C. The Hall–Kier alpha value is -1.55. The van der Waals surface area contributed by atoms with Gasteiger partial charge in [0.05, 0.1) is 6.61 Å². The Balaban J connectivity index is 2.14. The van der Waals surface area contributed by atoms with E-state index in [-0.39, 0.29) is 5.91 Å². The molecular formula is C23H37NO3. The third kappa shape index (κ3) is 5.71. The minimum absolute atomic E-state index is 0.000881. The summed E-state index contributed by atoms with van der Waals surface area (Å²) in [7, 11) is 0. The molecule has 2 atom stereocenters. The van der Waals surface area contributed by atoms with Crippen molar-refractivity contribution in [2.24, 2.45) is 5.92 Å². The Kier molecular flexibility index (Phi) is 8.15. The number of unbranched alkanes of at least 4 members (excludes halogenated alkanes) is 1. The third-order valence-electron chi connectivity index (χ3n) is 5.41. The van der Waals surface area contributed by atoms with Crippen molar-refractivity contribution in [3.63, 3.8) is 0 Å². The van der Waals surface area contributed by atoms with Gasteiger partial charge in [0, 0.05) is 12.3 Å². The van der Waals surface area contributed by atoms with Crippen LogP contribution in [0.1, 0.15) is 76.8 Å². The Bertz CT molecular complexity index is 605. The van der Waals surface area contributed by atoms with Crippen LogP contribution in [0.25, 0.3) is 0 Å². The minimum Gasteiger partial charge on any atom is -0.493 e. The van der Waals surface area contributed by atoms with Crippen LogP contribution >= 0.6 is 0 Å². The standard InChI is InChI=1S/C23H37NO3/c1-6-8-13-26-21-18(4)14-20(15-19(21)5)24-22(25)23(27-12-7-2)11-9-10-17(3)16-23/h14-15,17H,6-13,16H2,1-5H3,(H,24,25)/t17-,23+/m1/s1. The van der Waals surface area contributed by atoms with Crippen molar-refractivity contribution in [2.45, 2.75) is 85.2 Å². The van der Waals surface area contributed by atoms with Crippen molar-refractivity contribution in [2.75, 3.05) is 18.5 Å². The van der Waals surface area contributed by atoms with Gasteiger partial charge in [0.25, 0.3) is 5.91 Å². The highest BCUT2D eigenvalue weighted by atomic mass is 16.5. The van der Waals surface area contributed by atoms with E-state index < -0.39 is 5.60 Å². The number of amides is 1. The highest BCUT2D eigenvalue weighted by Crippen LogP contribution is 2.37. The van der Waals surface area contributed by atoms with Gasteiger partial charge < -0.3 is 14.8 Å². The summed E-state index contributed by atoms with van der Waals surface area (Å²) in [4.78, 5) is 13.2. The van der Waals surface area contributed by atoms with Crippen LogP contribution in [-0.2, 0) is 9.53 Å². The van der Waals surface area contributed by atoms with Crippen LogP contribution in [0.2, 0.25) is 0 Å². The molecule has 1 fully saturated rings. The largest absolute Gasteiger partial charge is 0.493 e. The van der Waals surface area contributed by atoms with E-state index in [0.717, 1.165) is 67.7 Å². The first-order chi connectivity index (χ1) is 12.9. The van der Waals surface area contributed by atoms with Gasteiger partial charge in [-0.3, -0.25) is 4.79 Å². The maximum absolute atomic E-state index is 13.2. The number of rotatable bonds is 9. The van der Waals surface area contributed by atoms with Gasteiger partial charge in [-0.05, 0) is 75.1 Å². The Morgan fingerprint density at radius 3 is 2.48 bits per heavy atom. The fourth-order valence-electron chi connectivity index (χ4n) is 4.02. The van der Waals surface area contributed by atoms with Crippen LogP contribution in [0.4, 0.5) is 5.69 Å². The molecule has 1 aliphatic rings. The summed E-state index contributed by atoms with van der Waals surface area (Å²) in [5.74, 6) is 1.45. The number of benzene rings is 1. The molecule has 27 heavy (non-hydrogen) atoms. The lowest BCUT2D eigenvalue weighted by molar-refractivity contribution is -0.148. The predicted molar refractivity (Wildman–Crippen MR) is 112 cm³/mol. The zero-order valence-corrected chi connectivity index (χ0v) is 17.8. The van der Waals surface area contributed by atoms with Crippen molar-refractivity contribution < 1.29 is 14.3 Å². The summed E-state index contributed by atoms with van der Waals surface area (Å²) in [6.07, 6.45) is 6.91. The number of anilines is 1. The maximum Gasteiger partial charge on any atom is 0.256 e. The average molecular weight is 376 g/mol. The van der Waals surface area contributed by atoms with E-state index in [4.69, 9.17) is 9.47 Å². The van der Waals surface area contributed by atoms with Crippen molar-refractivity contribution >= 4 is 11.6 Å². The number of hydrogen-bond acceptors (Lipinski definition) is 3. The van der Waals surface area contributed by atoms with Gasteiger partial charge >= 0.3 is 0 Å². The number of hydrogen-bond donors (Lipinski definition) is 1. The number of carbonyl (C=O) groups is 1. The molecule has 152 valence electrons. The van der Waals surface area contributed by atoms with E-state index in [9.17, 15) is 4.79 Å². The van der Waals surface area contributed by atoms with Gasteiger partial charge in [-0.1, -0.05) is 33.6 Å². The van der Waals surface area contributed by atoms with Crippen LogP contribution in [0.3, 0.4) is 0 Å². The first-order valence-electron chi connectivity index (χ1n) is 10.6. The average Bonchev–Trinajstić information content (AvgIpc) is 2.62.